The van der Waals surface area contributed by atoms with Crippen molar-refractivity contribution in [1.29, 1.82) is 0 Å². The minimum atomic E-state index is -0.0972. The van der Waals surface area contributed by atoms with E-state index in [4.69, 9.17) is 9.47 Å². The first-order valence-electron chi connectivity index (χ1n) is 9.48. The molecule has 0 aliphatic carbocycles. The van der Waals surface area contributed by atoms with Crippen molar-refractivity contribution >= 4 is 0 Å². The van der Waals surface area contributed by atoms with Crippen LogP contribution >= 0.6 is 0 Å². The molecule has 0 aromatic heterocycles. The standard InChI is InChI=1S/C24H31O2/c1-13-12-14(2)20(23(25-9)15(13)3)21-16(4)17(5)22-19(18(21)6)10-11-24(7,8)26-22/h10-11H2,1-9H3. The van der Waals surface area contributed by atoms with Crippen molar-refractivity contribution < 1.29 is 9.47 Å². The second-order valence-electron chi connectivity index (χ2n) is 8.33. The number of fused-ring (bicyclic) bond motifs is 1. The van der Waals surface area contributed by atoms with Gasteiger partial charge in [-0.1, -0.05) is 0 Å². The van der Waals surface area contributed by atoms with E-state index in [0.717, 1.165) is 35.5 Å². The van der Waals surface area contributed by atoms with Crippen LogP contribution in [-0.2, 0) is 6.42 Å². The monoisotopic (exact) mass is 351 g/mol. The van der Waals surface area contributed by atoms with Crippen molar-refractivity contribution in [2.75, 3.05) is 7.11 Å². The fourth-order valence-corrected chi connectivity index (χ4v) is 4.28. The summed E-state index contributed by atoms with van der Waals surface area (Å²) in [7, 11) is 1.77. The van der Waals surface area contributed by atoms with Crippen LogP contribution in [0.15, 0.2) is 0 Å². The van der Waals surface area contributed by atoms with Gasteiger partial charge >= 0.3 is 0 Å². The molecule has 0 saturated carbocycles. The lowest BCUT2D eigenvalue weighted by atomic mass is 9.81. The summed E-state index contributed by atoms with van der Waals surface area (Å²) in [5.74, 6) is 2.06. The first kappa shape index (κ1) is 18.8. The fraction of sp³-hybridized carbons (Fsp3) is 0.500. The lowest BCUT2D eigenvalue weighted by Gasteiger charge is -2.36. The topological polar surface area (TPSA) is 18.5 Å². The molecular formula is C24H31O2. The molecule has 0 amide bonds. The van der Waals surface area contributed by atoms with Gasteiger partial charge in [0, 0.05) is 5.56 Å². The Bertz CT molecular complexity index is 888. The molecular weight excluding hydrogens is 320 g/mol. The minimum Gasteiger partial charge on any atom is -0.496 e. The third kappa shape index (κ3) is 2.80. The zero-order valence-electron chi connectivity index (χ0n) is 17.7. The Morgan fingerprint density at radius 3 is 2.12 bits per heavy atom. The highest BCUT2D eigenvalue weighted by molar-refractivity contribution is 5.83. The highest BCUT2D eigenvalue weighted by atomic mass is 16.5. The molecule has 0 saturated heterocycles. The van der Waals surface area contributed by atoms with E-state index in [1.807, 2.05) is 0 Å². The summed E-state index contributed by atoms with van der Waals surface area (Å²) in [6, 6.07) is 3.54. The molecule has 0 atom stereocenters. The molecule has 1 aliphatic heterocycles. The van der Waals surface area contributed by atoms with E-state index in [1.165, 1.54) is 38.9 Å². The Hall–Kier alpha value is -1.96. The first-order valence-corrected chi connectivity index (χ1v) is 9.48. The number of hydrogen-bond donors (Lipinski definition) is 0. The number of methoxy groups -OCH3 is 1. The summed E-state index contributed by atoms with van der Waals surface area (Å²) in [6.45, 7) is 17.3. The largest absolute Gasteiger partial charge is 0.496 e. The third-order valence-corrected chi connectivity index (χ3v) is 6.07. The van der Waals surface area contributed by atoms with Gasteiger partial charge in [0.1, 0.15) is 17.1 Å². The molecule has 0 N–H and O–H groups in total. The number of ether oxygens (including phenoxy) is 2. The van der Waals surface area contributed by atoms with Crippen molar-refractivity contribution in [3.8, 4) is 22.6 Å². The molecule has 2 heteroatoms. The van der Waals surface area contributed by atoms with Gasteiger partial charge in [-0.2, -0.15) is 0 Å². The van der Waals surface area contributed by atoms with Gasteiger partial charge in [-0.3, -0.25) is 0 Å². The molecule has 0 bridgehead atoms. The molecule has 1 heterocycles. The molecule has 139 valence electrons. The smallest absolute Gasteiger partial charge is 0.130 e. The van der Waals surface area contributed by atoms with E-state index >= 15 is 0 Å². The van der Waals surface area contributed by atoms with Gasteiger partial charge in [-0.05, 0) is 119 Å². The normalized spacial score (nSPS) is 15.4. The molecule has 1 aliphatic rings. The van der Waals surface area contributed by atoms with Crippen LogP contribution in [0.2, 0.25) is 0 Å². The van der Waals surface area contributed by atoms with Crippen molar-refractivity contribution in [3.63, 3.8) is 0 Å². The summed E-state index contributed by atoms with van der Waals surface area (Å²) in [4.78, 5) is 0. The molecule has 2 aromatic rings. The summed E-state index contributed by atoms with van der Waals surface area (Å²) < 4.78 is 12.3. The van der Waals surface area contributed by atoms with E-state index in [0.29, 0.717) is 0 Å². The highest BCUT2D eigenvalue weighted by Gasteiger charge is 2.31. The average Bonchev–Trinajstić information content (AvgIpc) is 2.56. The Morgan fingerprint density at radius 2 is 1.50 bits per heavy atom. The average molecular weight is 352 g/mol. The molecule has 0 spiro atoms. The van der Waals surface area contributed by atoms with E-state index in [-0.39, 0.29) is 5.60 Å². The van der Waals surface area contributed by atoms with Crippen molar-refractivity contribution in [2.24, 2.45) is 0 Å². The number of rotatable bonds is 2. The van der Waals surface area contributed by atoms with E-state index in [9.17, 15) is 0 Å². The lowest BCUT2D eigenvalue weighted by Crippen LogP contribution is -2.33. The van der Waals surface area contributed by atoms with Gasteiger partial charge in [0.2, 0.25) is 0 Å². The van der Waals surface area contributed by atoms with Crippen LogP contribution in [0.3, 0.4) is 0 Å². The van der Waals surface area contributed by atoms with E-state index in [2.05, 4.69) is 61.5 Å². The fourth-order valence-electron chi connectivity index (χ4n) is 4.28. The predicted molar refractivity (Wildman–Crippen MR) is 109 cm³/mol. The Morgan fingerprint density at radius 1 is 0.846 bits per heavy atom. The number of benzene rings is 2. The van der Waals surface area contributed by atoms with E-state index < -0.39 is 0 Å². The molecule has 2 nitrogen and oxygen atoms in total. The zero-order valence-corrected chi connectivity index (χ0v) is 17.7. The Kier molecular flexibility index (Phi) is 4.58. The Balaban J connectivity index is 2.36. The van der Waals surface area contributed by atoms with Crippen LogP contribution in [0.5, 0.6) is 11.5 Å². The maximum absolute atomic E-state index is 6.39. The second kappa shape index (κ2) is 6.33. The van der Waals surface area contributed by atoms with Crippen LogP contribution in [-0.4, -0.2) is 12.7 Å². The van der Waals surface area contributed by atoms with Gasteiger partial charge in [0.15, 0.2) is 0 Å². The SMILES string of the molecule is COc1c(C)c(C)[c]c(C)c1-c1c(C)c(C)c2c(c1C)CCC(C)(C)O2. The van der Waals surface area contributed by atoms with Gasteiger partial charge in [0.25, 0.3) is 0 Å². The quantitative estimate of drug-likeness (QED) is 0.649. The van der Waals surface area contributed by atoms with Crippen molar-refractivity contribution in [2.45, 2.75) is 73.8 Å². The second-order valence-corrected chi connectivity index (χ2v) is 8.33. The third-order valence-electron chi connectivity index (χ3n) is 6.07. The van der Waals surface area contributed by atoms with Crippen LogP contribution in [0.4, 0.5) is 0 Å². The minimum absolute atomic E-state index is 0.0972. The summed E-state index contributed by atoms with van der Waals surface area (Å²) in [5.41, 5.74) is 11.0. The van der Waals surface area contributed by atoms with E-state index in [1.54, 1.807) is 7.11 Å². The highest BCUT2D eigenvalue weighted by Crippen LogP contribution is 2.47. The predicted octanol–water partition coefficient (Wildman–Crippen LogP) is 6.12. The first-order chi connectivity index (χ1) is 12.1. The molecule has 0 fully saturated rings. The molecule has 3 rings (SSSR count). The summed E-state index contributed by atoms with van der Waals surface area (Å²) in [5, 5.41) is 0. The molecule has 0 unspecified atom stereocenters. The van der Waals surface area contributed by atoms with Gasteiger partial charge in [0.05, 0.1) is 7.11 Å². The molecule has 26 heavy (non-hydrogen) atoms. The van der Waals surface area contributed by atoms with Crippen molar-refractivity contribution in [3.05, 3.63) is 45.0 Å². The zero-order chi connectivity index (χ0) is 19.4. The molecule has 2 aromatic carbocycles. The van der Waals surface area contributed by atoms with Crippen LogP contribution < -0.4 is 9.47 Å². The van der Waals surface area contributed by atoms with Gasteiger partial charge in [-0.15, -0.1) is 0 Å². The maximum atomic E-state index is 6.39. The lowest BCUT2D eigenvalue weighted by molar-refractivity contribution is 0.0834. The van der Waals surface area contributed by atoms with Crippen LogP contribution in [0.1, 0.15) is 59.2 Å². The summed E-state index contributed by atoms with van der Waals surface area (Å²) >= 11 is 0. The number of hydrogen-bond acceptors (Lipinski definition) is 2. The van der Waals surface area contributed by atoms with Gasteiger partial charge < -0.3 is 9.47 Å². The number of aryl methyl sites for hydroxylation is 2. The Labute approximate surface area is 158 Å². The maximum Gasteiger partial charge on any atom is 0.130 e. The van der Waals surface area contributed by atoms with Crippen molar-refractivity contribution in [1.82, 2.24) is 0 Å². The van der Waals surface area contributed by atoms with Gasteiger partial charge in [-0.25, -0.2) is 0 Å². The summed E-state index contributed by atoms with van der Waals surface area (Å²) in [6.07, 6.45) is 2.09. The van der Waals surface area contributed by atoms with Crippen LogP contribution in [0.25, 0.3) is 11.1 Å². The van der Waals surface area contributed by atoms with Crippen LogP contribution in [0, 0.1) is 47.6 Å². The molecule has 1 radical (unpaired) electrons.